The fraction of sp³-hybridized carbons (Fsp3) is 0.600. The molecule has 1 unspecified atom stereocenters. The highest BCUT2D eigenvalue weighted by molar-refractivity contribution is 6.11. The first kappa shape index (κ1) is 13.8. The van der Waals surface area contributed by atoms with E-state index in [1.165, 1.54) is 66.8 Å². The average molecular weight is 234 g/mol. The van der Waals surface area contributed by atoms with Crippen molar-refractivity contribution in [3.63, 3.8) is 0 Å². The highest BCUT2D eigenvalue weighted by Crippen LogP contribution is 2.18. The van der Waals surface area contributed by atoms with Crippen molar-refractivity contribution >= 4 is 16.3 Å². The van der Waals surface area contributed by atoms with E-state index >= 15 is 0 Å². The van der Waals surface area contributed by atoms with Gasteiger partial charge in [0, 0.05) is 1.43 Å². The summed E-state index contributed by atoms with van der Waals surface area (Å²) in [4.78, 5) is 0. The van der Waals surface area contributed by atoms with Crippen LogP contribution in [0.25, 0.3) is 0 Å². The molecule has 0 fully saturated rings. The Morgan fingerprint density at radius 1 is 1.06 bits per heavy atom. The lowest BCUT2D eigenvalue weighted by Gasteiger charge is -2.11. The van der Waals surface area contributed by atoms with E-state index in [-0.39, 0.29) is 1.43 Å². The predicted octanol–water partition coefficient (Wildman–Crippen LogP) is 4.26. The summed E-state index contributed by atoms with van der Waals surface area (Å²) in [7, 11) is 0. The van der Waals surface area contributed by atoms with Crippen molar-refractivity contribution in [2.75, 3.05) is 0 Å². The third-order valence-corrected chi connectivity index (χ3v) is 4.21. The van der Waals surface area contributed by atoms with Crippen LogP contribution in [0.1, 0.15) is 52.4 Å². The van der Waals surface area contributed by atoms with Crippen molar-refractivity contribution in [1.29, 1.82) is 0 Å². The molecule has 0 spiro atoms. The van der Waals surface area contributed by atoms with Gasteiger partial charge in [-0.2, -0.15) is 0 Å². The van der Waals surface area contributed by atoms with Crippen LogP contribution in [-0.4, -0.2) is 16.3 Å². The van der Waals surface area contributed by atoms with Gasteiger partial charge >= 0.3 is 0 Å². The first-order valence-electron chi connectivity index (χ1n) is 6.87. The number of hydrogen-bond donors (Lipinski definition) is 0. The fourth-order valence-corrected chi connectivity index (χ4v) is 3.09. The Labute approximate surface area is 110 Å². The maximum absolute atomic E-state index is 2.28. The van der Waals surface area contributed by atoms with E-state index in [0.29, 0.717) is 0 Å². The third-order valence-electron chi connectivity index (χ3n) is 3.23. The standard InChI is InChI=1S/C15H23.Al.H2.2H/c1-2-3-4-5-6-7-9-12-15-13-10-8-11-14-15;;;;/h8-11,13-14H,2-7,12H2,1H3;;1H;;. The Bertz CT molecular complexity index is 261. The van der Waals surface area contributed by atoms with E-state index in [1.54, 1.807) is 0 Å². The first-order valence-corrected chi connectivity index (χ1v) is 8.02. The molecule has 90 valence electrons. The van der Waals surface area contributed by atoms with Crippen molar-refractivity contribution in [1.82, 2.24) is 0 Å². The summed E-state index contributed by atoms with van der Waals surface area (Å²) in [5.74, 6) is 0. The van der Waals surface area contributed by atoms with Crippen molar-refractivity contribution in [2.24, 2.45) is 0 Å². The summed E-state index contributed by atoms with van der Waals surface area (Å²) in [6, 6.07) is 11.0. The van der Waals surface area contributed by atoms with Gasteiger partial charge in [0.25, 0.3) is 0 Å². The van der Waals surface area contributed by atoms with Crippen LogP contribution in [0.15, 0.2) is 30.3 Å². The molecule has 0 nitrogen and oxygen atoms in total. The lowest BCUT2D eigenvalue weighted by molar-refractivity contribution is 0.589. The molecule has 0 bridgehead atoms. The van der Waals surface area contributed by atoms with Crippen molar-refractivity contribution < 1.29 is 1.43 Å². The third kappa shape index (κ3) is 6.36. The molecule has 0 N–H and O–H groups in total. The number of benzene rings is 1. The zero-order valence-corrected chi connectivity index (χ0v) is 12.9. The molecule has 0 aliphatic rings. The van der Waals surface area contributed by atoms with Gasteiger partial charge in [0.05, 0.1) is 0 Å². The molecule has 0 heterocycles. The summed E-state index contributed by atoms with van der Waals surface area (Å²) < 4.78 is 0.976. The monoisotopic (exact) mass is 234 g/mol. The van der Waals surface area contributed by atoms with E-state index in [1.807, 2.05) is 0 Å². The molecule has 1 aromatic carbocycles. The predicted molar refractivity (Wildman–Crippen MR) is 77.9 cm³/mol. The Kier molecular flexibility index (Phi) is 7.64. The van der Waals surface area contributed by atoms with Crippen LogP contribution in [-0.2, 0) is 6.42 Å². The van der Waals surface area contributed by atoms with Gasteiger partial charge in [-0.1, -0.05) is 80.6 Å². The Morgan fingerprint density at radius 2 is 1.75 bits per heavy atom. The highest BCUT2D eigenvalue weighted by atomic mass is 27.0. The molecule has 0 aliphatic carbocycles. The van der Waals surface area contributed by atoms with Gasteiger partial charge < -0.3 is 0 Å². The summed E-state index contributed by atoms with van der Waals surface area (Å²) in [6.45, 7) is 2.28. The minimum Gasteiger partial charge on any atom is -0.0863 e. The van der Waals surface area contributed by atoms with Gasteiger partial charge in [0.15, 0.2) is 0 Å². The van der Waals surface area contributed by atoms with Gasteiger partial charge in [-0.25, -0.2) is 0 Å². The molecule has 1 rings (SSSR count). The van der Waals surface area contributed by atoms with E-state index in [9.17, 15) is 0 Å². The van der Waals surface area contributed by atoms with Crippen molar-refractivity contribution in [3.05, 3.63) is 35.9 Å². The summed E-state index contributed by atoms with van der Waals surface area (Å²) in [5, 5.41) is 0. The summed E-state index contributed by atoms with van der Waals surface area (Å²) in [6.07, 6.45) is 9.86. The van der Waals surface area contributed by atoms with Crippen LogP contribution >= 0.6 is 0 Å². The number of rotatable bonds is 8. The second-order valence-corrected chi connectivity index (χ2v) is 6.63. The molecular weight excluding hydrogens is 207 g/mol. The van der Waals surface area contributed by atoms with Gasteiger partial charge in [-0.3, -0.25) is 0 Å². The van der Waals surface area contributed by atoms with Crippen molar-refractivity contribution in [2.45, 2.75) is 56.6 Å². The van der Waals surface area contributed by atoms with Gasteiger partial charge in [0.2, 0.25) is 16.3 Å². The molecular formula is C15H27Al. The second-order valence-electron chi connectivity index (χ2n) is 5.00. The second kappa shape index (κ2) is 8.85. The van der Waals surface area contributed by atoms with E-state index in [4.69, 9.17) is 0 Å². The zero-order chi connectivity index (χ0) is 11.6. The molecule has 1 atom stereocenters. The maximum Gasteiger partial charge on any atom is 0.216 e. The maximum atomic E-state index is 2.28. The molecule has 1 heteroatoms. The molecule has 0 aliphatic heterocycles. The quantitative estimate of drug-likeness (QED) is 0.466. The molecule has 0 aromatic heterocycles. The van der Waals surface area contributed by atoms with Crippen LogP contribution in [0.2, 0.25) is 4.78 Å². The molecule has 0 amide bonds. The lowest BCUT2D eigenvalue weighted by Crippen LogP contribution is -1.97. The smallest absolute Gasteiger partial charge is 0.0863 e. The van der Waals surface area contributed by atoms with Crippen molar-refractivity contribution in [3.8, 4) is 0 Å². The average Bonchev–Trinajstić information content (AvgIpc) is 2.30. The van der Waals surface area contributed by atoms with Crippen LogP contribution < -0.4 is 0 Å². The largest absolute Gasteiger partial charge is 0.216 e. The van der Waals surface area contributed by atoms with Crippen LogP contribution in [0.5, 0.6) is 0 Å². The molecule has 0 saturated heterocycles. The van der Waals surface area contributed by atoms with Crippen LogP contribution in [0.3, 0.4) is 0 Å². The minimum absolute atomic E-state index is 0. The number of unbranched alkanes of at least 4 members (excludes halogenated alkanes) is 4. The lowest BCUT2D eigenvalue weighted by atomic mass is 10.0. The van der Waals surface area contributed by atoms with Crippen LogP contribution in [0, 0.1) is 0 Å². The summed E-state index contributed by atoms with van der Waals surface area (Å²) in [5.41, 5.74) is 1.52. The fourth-order valence-electron chi connectivity index (χ4n) is 2.21. The Morgan fingerprint density at radius 3 is 2.44 bits per heavy atom. The first-order chi connectivity index (χ1) is 7.83. The minimum atomic E-state index is 0. The molecule has 0 radical (unpaired) electrons. The SMILES string of the molecule is CCCCCCC[CH]([AlH2])Cc1ccccc1.[HH]. The zero-order valence-electron chi connectivity index (χ0n) is 10.9. The molecule has 1 aromatic rings. The van der Waals surface area contributed by atoms with Gasteiger partial charge in [0.1, 0.15) is 0 Å². The van der Waals surface area contributed by atoms with Gasteiger partial charge in [-0.05, 0) is 12.0 Å². The topological polar surface area (TPSA) is 0 Å². The summed E-state index contributed by atoms with van der Waals surface area (Å²) >= 11 is 1.34. The van der Waals surface area contributed by atoms with E-state index in [0.717, 1.165) is 4.78 Å². The van der Waals surface area contributed by atoms with E-state index < -0.39 is 0 Å². The Balaban J connectivity index is 0.00000256. The van der Waals surface area contributed by atoms with E-state index in [2.05, 4.69) is 37.3 Å². The Hall–Kier alpha value is -0.248. The normalized spacial score (nSPS) is 12.6. The number of hydrogen-bond acceptors (Lipinski definition) is 0. The molecule has 16 heavy (non-hydrogen) atoms. The molecule has 0 saturated carbocycles. The van der Waals surface area contributed by atoms with Gasteiger partial charge in [-0.15, -0.1) is 0 Å². The highest BCUT2D eigenvalue weighted by Gasteiger charge is 2.03. The van der Waals surface area contributed by atoms with Crippen LogP contribution in [0.4, 0.5) is 0 Å².